The topological polar surface area (TPSA) is 103 Å². The van der Waals surface area contributed by atoms with Gasteiger partial charge in [0.2, 0.25) is 0 Å². The minimum atomic E-state index is -0.656. The number of rotatable bonds is 5. The number of hydrogen-bond acceptors (Lipinski definition) is 4. The van der Waals surface area contributed by atoms with E-state index in [1.165, 1.54) is 10.7 Å². The molecule has 3 rings (SSSR count). The molecular formula is C17H16N4O3. The second-order valence-electron chi connectivity index (χ2n) is 5.21. The Kier molecular flexibility index (Phi) is 4.15. The van der Waals surface area contributed by atoms with Crippen molar-refractivity contribution in [3.8, 4) is 5.69 Å². The lowest BCUT2D eigenvalue weighted by atomic mass is 10.2. The zero-order valence-electron chi connectivity index (χ0n) is 13.0. The van der Waals surface area contributed by atoms with Crippen molar-refractivity contribution in [2.24, 2.45) is 5.73 Å². The van der Waals surface area contributed by atoms with Gasteiger partial charge in [0.15, 0.2) is 5.69 Å². The van der Waals surface area contributed by atoms with Crippen LogP contribution in [-0.2, 0) is 6.54 Å². The summed E-state index contributed by atoms with van der Waals surface area (Å²) in [5, 5.41) is 6.95. The molecule has 3 N–H and O–H groups in total. The molecule has 24 heavy (non-hydrogen) atoms. The van der Waals surface area contributed by atoms with E-state index in [0.717, 1.165) is 11.3 Å². The fraction of sp³-hybridized carbons (Fsp3) is 0.118. The molecule has 0 aliphatic rings. The Morgan fingerprint density at radius 3 is 2.62 bits per heavy atom. The lowest BCUT2D eigenvalue weighted by Crippen LogP contribution is -2.23. The third-order valence-electron chi connectivity index (χ3n) is 3.60. The second kappa shape index (κ2) is 6.41. The van der Waals surface area contributed by atoms with Crippen LogP contribution in [0.5, 0.6) is 0 Å². The Bertz CT molecular complexity index is 880. The fourth-order valence-electron chi connectivity index (χ4n) is 2.29. The molecule has 0 atom stereocenters. The Morgan fingerprint density at radius 2 is 2.00 bits per heavy atom. The van der Waals surface area contributed by atoms with E-state index in [1.54, 1.807) is 24.5 Å². The van der Waals surface area contributed by atoms with Gasteiger partial charge in [0, 0.05) is 18.2 Å². The molecule has 0 saturated carbocycles. The smallest absolute Gasteiger partial charge is 0.272 e. The highest BCUT2D eigenvalue weighted by Crippen LogP contribution is 2.13. The molecule has 0 saturated heterocycles. The maximum Gasteiger partial charge on any atom is 0.272 e. The second-order valence-corrected chi connectivity index (χ2v) is 5.21. The zero-order chi connectivity index (χ0) is 17.1. The first-order valence-corrected chi connectivity index (χ1v) is 7.32. The van der Waals surface area contributed by atoms with Crippen molar-refractivity contribution in [3.05, 3.63) is 71.4 Å². The minimum Gasteiger partial charge on any atom is -0.469 e. The fourth-order valence-corrected chi connectivity index (χ4v) is 2.29. The number of amides is 2. The lowest BCUT2D eigenvalue weighted by molar-refractivity contribution is 0.0944. The summed E-state index contributed by atoms with van der Waals surface area (Å²) < 4.78 is 6.54. The van der Waals surface area contributed by atoms with Gasteiger partial charge >= 0.3 is 0 Å². The molecule has 1 aromatic carbocycles. The summed E-state index contributed by atoms with van der Waals surface area (Å²) in [6, 6.07) is 12.2. The highest BCUT2D eigenvalue weighted by Gasteiger charge is 2.18. The lowest BCUT2D eigenvalue weighted by Gasteiger charge is -2.04. The van der Waals surface area contributed by atoms with Crippen LogP contribution in [0.15, 0.2) is 53.1 Å². The Morgan fingerprint density at radius 1 is 1.25 bits per heavy atom. The van der Waals surface area contributed by atoms with E-state index in [4.69, 9.17) is 10.2 Å². The number of hydrogen-bond donors (Lipinski definition) is 2. The van der Waals surface area contributed by atoms with E-state index >= 15 is 0 Å². The number of primary amides is 1. The van der Waals surface area contributed by atoms with Gasteiger partial charge in [-0.1, -0.05) is 18.2 Å². The number of nitrogens with zero attached hydrogens (tertiary/aromatic N) is 2. The standard InChI is InChI=1S/C17H16N4O3/c1-11-12(7-8-24-11)10-19-17(23)14-9-15(16(18)22)21(20-14)13-5-3-2-4-6-13/h2-9H,10H2,1H3,(H2,18,22)(H,19,23). The van der Waals surface area contributed by atoms with Crippen LogP contribution in [0.1, 0.15) is 32.3 Å². The summed E-state index contributed by atoms with van der Waals surface area (Å²) in [4.78, 5) is 23.9. The molecule has 0 unspecified atom stereocenters. The van der Waals surface area contributed by atoms with Crippen LogP contribution in [0.4, 0.5) is 0 Å². The number of furan rings is 1. The van der Waals surface area contributed by atoms with Gasteiger partial charge in [0.1, 0.15) is 11.5 Å². The molecule has 0 radical (unpaired) electrons. The van der Waals surface area contributed by atoms with Gasteiger partial charge in [-0.25, -0.2) is 4.68 Å². The van der Waals surface area contributed by atoms with Gasteiger partial charge in [-0.3, -0.25) is 9.59 Å². The molecule has 2 amide bonds. The van der Waals surface area contributed by atoms with Crippen molar-refractivity contribution in [1.29, 1.82) is 0 Å². The Balaban J connectivity index is 1.85. The number of nitrogens with two attached hydrogens (primary N) is 1. The number of para-hydroxylation sites is 1. The predicted octanol–water partition coefficient (Wildman–Crippen LogP) is 1.80. The van der Waals surface area contributed by atoms with Crippen molar-refractivity contribution in [2.45, 2.75) is 13.5 Å². The highest BCUT2D eigenvalue weighted by atomic mass is 16.3. The van der Waals surface area contributed by atoms with Crippen molar-refractivity contribution in [3.63, 3.8) is 0 Å². The summed E-state index contributed by atoms with van der Waals surface area (Å²) in [6.45, 7) is 2.13. The number of benzene rings is 1. The van der Waals surface area contributed by atoms with E-state index in [-0.39, 0.29) is 11.4 Å². The Labute approximate surface area is 138 Å². The normalized spacial score (nSPS) is 10.5. The number of aryl methyl sites for hydroxylation is 1. The van der Waals surface area contributed by atoms with Crippen LogP contribution in [0.2, 0.25) is 0 Å². The van der Waals surface area contributed by atoms with Gasteiger partial charge in [0.25, 0.3) is 11.8 Å². The highest BCUT2D eigenvalue weighted by molar-refractivity contribution is 5.97. The molecular weight excluding hydrogens is 308 g/mol. The first-order chi connectivity index (χ1) is 11.6. The van der Waals surface area contributed by atoms with E-state index in [2.05, 4.69) is 10.4 Å². The maximum atomic E-state index is 12.3. The van der Waals surface area contributed by atoms with Crippen molar-refractivity contribution < 1.29 is 14.0 Å². The van der Waals surface area contributed by atoms with Gasteiger partial charge in [0.05, 0.1) is 12.0 Å². The molecule has 2 heterocycles. The molecule has 7 nitrogen and oxygen atoms in total. The molecule has 3 aromatic rings. The SMILES string of the molecule is Cc1occc1CNC(=O)c1cc(C(N)=O)n(-c2ccccc2)n1. The summed E-state index contributed by atoms with van der Waals surface area (Å²) in [5.74, 6) is -0.313. The van der Waals surface area contributed by atoms with Crippen LogP contribution >= 0.6 is 0 Å². The van der Waals surface area contributed by atoms with E-state index in [9.17, 15) is 9.59 Å². The minimum absolute atomic E-state index is 0.119. The Hall–Kier alpha value is -3.35. The third-order valence-corrected chi connectivity index (χ3v) is 3.60. The van der Waals surface area contributed by atoms with E-state index < -0.39 is 11.8 Å². The van der Waals surface area contributed by atoms with Crippen molar-refractivity contribution in [1.82, 2.24) is 15.1 Å². The van der Waals surface area contributed by atoms with Crippen molar-refractivity contribution in [2.75, 3.05) is 0 Å². The van der Waals surface area contributed by atoms with Crippen LogP contribution in [-0.4, -0.2) is 21.6 Å². The molecule has 0 aliphatic heterocycles. The molecule has 0 spiro atoms. The van der Waals surface area contributed by atoms with Crippen LogP contribution < -0.4 is 11.1 Å². The van der Waals surface area contributed by atoms with Gasteiger partial charge in [-0.05, 0) is 25.1 Å². The number of carbonyl (C=O) groups excluding carboxylic acids is 2. The monoisotopic (exact) mass is 324 g/mol. The van der Waals surface area contributed by atoms with Gasteiger partial charge in [-0.15, -0.1) is 0 Å². The van der Waals surface area contributed by atoms with Crippen LogP contribution in [0, 0.1) is 6.92 Å². The molecule has 122 valence electrons. The summed E-state index contributed by atoms with van der Waals surface area (Å²) in [5.41, 5.74) is 7.18. The molecule has 0 aliphatic carbocycles. The average molecular weight is 324 g/mol. The van der Waals surface area contributed by atoms with Gasteiger partial charge < -0.3 is 15.5 Å². The van der Waals surface area contributed by atoms with E-state index in [0.29, 0.717) is 12.2 Å². The number of aromatic nitrogens is 2. The molecule has 0 fully saturated rings. The summed E-state index contributed by atoms with van der Waals surface area (Å²) in [6.07, 6.45) is 1.56. The molecule has 0 bridgehead atoms. The quantitative estimate of drug-likeness (QED) is 0.747. The largest absolute Gasteiger partial charge is 0.469 e. The first-order valence-electron chi connectivity index (χ1n) is 7.32. The zero-order valence-corrected chi connectivity index (χ0v) is 13.0. The van der Waals surface area contributed by atoms with Crippen LogP contribution in [0.25, 0.3) is 5.69 Å². The summed E-state index contributed by atoms with van der Waals surface area (Å²) >= 11 is 0. The van der Waals surface area contributed by atoms with E-state index in [1.807, 2.05) is 25.1 Å². The summed E-state index contributed by atoms with van der Waals surface area (Å²) in [7, 11) is 0. The first kappa shape index (κ1) is 15.5. The predicted molar refractivity (Wildman–Crippen MR) is 86.7 cm³/mol. The maximum absolute atomic E-state index is 12.3. The molecule has 2 aromatic heterocycles. The number of nitrogens with one attached hydrogen (secondary N) is 1. The average Bonchev–Trinajstić information content (AvgIpc) is 3.20. The third kappa shape index (κ3) is 3.05. The van der Waals surface area contributed by atoms with Crippen molar-refractivity contribution >= 4 is 11.8 Å². The van der Waals surface area contributed by atoms with Crippen LogP contribution in [0.3, 0.4) is 0 Å². The molecule has 7 heteroatoms. The number of carbonyl (C=O) groups is 2. The van der Waals surface area contributed by atoms with Gasteiger partial charge in [-0.2, -0.15) is 5.10 Å².